The molecule has 0 radical (unpaired) electrons. The maximum Gasteiger partial charge on any atom is 0.0305 e. The minimum absolute atomic E-state index is 0.500. The van der Waals surface area contributed by atoms with Gasteiger partial charge in [-0.1, -0.05) is 29.8 Å². The number of alkyl halides is 1. The Balaban J connectivity index is 2.94. The highest BCUT2D eigenvalue weighted by atomic mass is 79.9. The average Bonchev–Trinajstić information content (AvgIpc) is 2.04. The van der Waals surface area contributed by atoms with Gasteiger partial charge in [0.25, 0.3) is 0 Å². The topological polar surface area (TPSA) is 12.9 Å². The van der Waals surface area contributed by atoms with Crippen LogP contribution < -0.4 is 0 Å². The van der Waals surface area contributed by atoms with E-state index in [-0.39, 0.29) is 0 Å². The van der Waals surface area contributed by atoms with Crippen molar-refractivity contribution in [1.29, 1.82) is 0 Å². The molecule has 66 valence electrons. The average molecular weight is 228 g/mol. The third-order valence-electron chi connectivity index (χ3n) is 2.26. The van der Waals surface area contributed by atoms with Crippen molar-refractivity contribution in [2.75, 3.05) is 0 Å². The predicted octanol–water partition coefficient (Wildman–Crippen LogP) is 3.28. The third-order valence-corrected chi connectivity index (χ3v) is 3.05. The van der Waals surface area contributed by atoms with E-state index in [1.165, 1.54) is 11.1 Å². The zero-order valence-corrected chi connectivity index (χ0v) is 9.30. The van der Waals surface area contributed by atoms with E-state index in [2.05, 4.69) is 47.8 Å². The molecule has 2 heteroatoms. The van der Waals surface area contributed by atoms with Gasteiger partial charge in [-0.05, 0) is 30.0 Å². The van der Waals surface area contributed by atoms with E-state index in [9.17, 15) is 0 Å². The van der Waals surface area contributed by atoms with Crippen LogP contribution in [0.25, 0.3) is 0 Å². The standard InChI is InChI=1S/C10H14BrN/c1-7-4-5-12-6-10(7)8(2)9(3)11/h4-6,8-9H,1-3H3. The predicted molar refractivity (Wildman–Crippen MR) is 55.8 cm³/mol. The van der Waals surface area contributed by atoms with Crippen LogP contribution in [0.2, 0.25) is 0 Å². The highest BCUT2D eigenvalue weighted by molar-refractivity contribution is 9.09. The van der Waals surface area contributed by atoms with E-state index in [4.69, 9.17) is 0 Å². The molecular formula is C10H14BrN. The van der Waals surface area contributed by atoms with Crippen LogP contribution in [0.4, 0.5) is 0 Å². The zero-order chi connectivity index (χ0) is 9.14. The molecule has 1 heterocycles. The van der Waals surface area contributed by atoms with Crippen LogP contribution in [0.5, 0.6) is 0 Å². The summed E-state index contributed by atoms with van der Waals surface area (Å²) in [6.07, 6.45) is 3.79. The second kappa shape index (κ2) is 4.04. The lowest BCUT2D eigenvalue weighted by molar-refractivity contribution is 0.750. The second-order valence-electron chi connectivity index (χ2n) is 3.20. The highest BCUT2D eigenvalue weighted by Gasteiger charge is 2.12. The molecule has 0 fully saturated rings. The Labute approximate surface area is 82.3 Å². The van der Waals surface area contributed by atoms with E-state index < -0.39 is 0 Å². The highest BCUT2D eigenvalue weighted by Crippen LogP contribution is 2.25. The minimum atomic E-state index is 0.500. The molecule has 0 aliphatic heterocycles. The van der Waals surface area contributed by atoms with Crippen LogP contribution in [0.15, 0.2) is 18.5 Å². The molecule has 2 atom stereocenters. The van der Waals surface area contributed by atoms with E-state index in [1.807, 2.05) is 12.4 Å². The van der Waals surface area contributed by atoms with Crippen LogP contribution in [0, 0.1) is 6.92 Å². The van der Waals surface area contributed by atoms with Crippen molar-refractivity contribution in [2.45, 2.75) is 31.5 Å². The number of hydrogen-bond acceptors (Lipinski definition) is 1. The third kappa shape index (κ3) is 2.07. The maximum absolute atomic E-state index is 4.13. The molecule has 2 unspecified atom stereocenters. The first-order valence-corrected chi connectivity index (χ1v) is 5.09. The lowest BCUT2D eigenvalue weighted by Crippen LogP contribution is -2.06. The van der Waals surface area contributed by atoms with Crippen LogP contribution in [0.3, 0.4) is 0 Å². The van der Waals surface area contributed by atoms with Gasteiger partial charge >= 0.3 is 0 Å². The largest absolute Gasteiger partial charge is 0.264 e. The molecule has 12 heavy (non-hydrogen) atoms. The molecule has 1 nitrogen and oxygen atoms in total. The summed E-state index contributed by atoms with van der Waals surface area (Å²) in [5.41, 5.74) is 2.66. The van der Waals surface area contributed by atoms with Gasteiger partial charge in [-0.15, -0.1) is 0 Å². The molecule has 1 aromatic rings. The van der Waals surface area contributed by atoms with Crippen LogP contribution in [-0.4, -0.2) is 9.81 Å². The molecule has 0 saturated heterocycles. The van der Waals surface area contributed by atoms with E-state index >= 15 is 0 Å². The van der Waals surface area contributed by atoms with Crippen LogP contribution >= 0.6 is 15.9 Å². The van der Waals surface area contributed by atoms with Crippen molar-refractivity contribution in [3.05, 3.63) is 29.6 Å². The Morgan fingerprint density at radius 2 is 2.08 bits per heavy atom. The summed E-state index contributed by atoms with van der Waals surface area (Å²) >= 11 is 3.58. The minimum Gasteiger partial charge on any atom is -0.264 e. The van der Waals surface area contributed by atoms with Crippen LogP contribution in [-0.2, 0) is 0 Å². The van der Waals surface area contributed by atoms with Crippen molar-refractivity contribution >= 4 is 15.9 Å². The zero-order valence-electron chi connectivity index (χ0n) is 7.71. The van der Waals surface area contributed by atoms with Crippen molar-refractivity contribution in [3.63, 3.8) is 0 Å². The summed E-state index contributed by atoms with van der Waals surface area (Å²) in [6, 6.07) is 2.06. The summed E-state index contributed by atoms with van der Waals surface area (Å²) in [4.78, 5) is 4.63. The quantitative estimate of drug-likeness (QED) is 0.708. The number of rotatable bonds is 2. The van der Waals surface area contributed by atoms with Gasteiger partial charge < -0.3 is 0 Å². The molecule has 0 aliphatic carbocycles. The number of aromatic nitrogens is 1. The van der Waals surface area contributed by atoms with Gasteiger partial charge in [0.2, 0.25) is 0 Å². The maximum atomic E-state index is 4.13. The Hall–Kier alpha value is -0.370. The summed E-state index contributed by atoms with van der Waals surface area (Å²) in [5.74, 6) is 0.527. The fourth-order valence-corrected chi connectivity index (χ4v) is 1.49. The number of hydrogen-bond donors (Lipinski definition) is 0. The Kier molecular flexibility index (Phi) is 3.27. The first kappa shape index (κ1) is 9.72. The fourth-order valence-electron chi connectivity index (χ4n) is 1.20. The van der Waals surface area contributed by atoms with Crippen molar-refractivity contribution in [2.24, 2.45) is 0 Å². The molecule has 1 rings (SSSR count). The van der Waals surface area contributed by atoms with E-state index in [1.54, 1.807) is 0 Å². The van der Waals surface area contributed by atoms with Gasteiger partial charge in [0.15, 0.2) is 0 Å². The van der Waals surface area contributed by atoms with Gasteiger partial charge in [0.1, 0.15) is 0 Å². The van der Waals surface area contributed by atoms with Crippen LogP contribution in [0.1, 0.15) is 30.9 Å². The molecule has 0 aliphatic rings. The Bertz CT molecular complexity index is 258. The molecule has 0 amide bonds. The van der Waals surface area contributed by atoms with Crippen molar-refractivity contribution < 1.29 is 0 Å². The summed E-state index contributed by atoms with van der Waals surface area (Å²) in [5, 5.41) is 0. The molecule has 0 saturated carbocycles. The number of halogens is 1. The molecule has 0 spiro atoms. The van der Waals surface area contributed by atoms with Gasteiger partial charge in [-0.3, -0.25) is 4.98 Å². The monoisotopic (exact) mass is 227 g/mol. The summed E-state index contributed by atoms with van der Waals surface area (Å²) in [6.45, 7) is 6.50. The van der Waals surface area contributed by atoms with Gasteiger partial charge in [-0.2, -0.15) is 0 Å². The molecule has 0 bridgehead atoms. The Morgan fingerprint density at radius 3 is 2.58 bits per heavy atom. The first-order chi connectivity index (χ1) is 5.63. The van der Waals surface area contributed by atoms with Gasteiger partial charge in [-0.25, -0.2) is 0 Å². The molecule has 0 N–H and O–H groups in total. The number of pyridine rings is 1. The van der Waals surface area contributed by atoms with E-state index in [0.717, 1.165) is 0 Å². The van der Waals surface area contributed by atoms with Gasteiger partial charge in [0, 0.05) is 17.2 Å². The number of aryl methyl sites for hydroxylation is 1. The number of nitrogens with zero attached hydrogens (tertiary/aromatic N) is 1. The smallest absolute Gasteiger partial charge is 0.0305 e. The van der Waals surface area contributed by atoms with Crippen molar-refractivity contribution in [1.82, 2.24) is 4.98 Å². The second-order valence-corrected chi connectivity index (χ2v) is 4.64. The molecular weight excluding hydrogens is 214 g/mol. The SMILES string of the molecule is Cc1ccncc1C(C)C(C)Br. The van der Waals surface area contributed by atoms with E-state index in [0.29, 0.717) is 10.7 Å². The molecule has 1 aromatic heterocycles. The summed E-state index contributed by atoms with van der Waals surface area (Å²) in [7, 11) is 0. The summed E-state index contributed by atoms with van der Waals surface area (Å²) < 4.78 is 0. The lowest BCUT2D eigenvalue weighted by Gasteiger charge is -2.15. The fraction of sp³-hybridized carbons (Fsp3) is 0.500. The lowest BCUT2D eigenvalue weighted by atomic mass is 9.96. The van der Waals surface area contributed by atoms with Crippen molar-refractivity contribution in [3.8, 4) is 0 Å². The van der Waals surface area contributed by atoms with Gasteiger partial charge in [0.05, 0.1) is 0 Å². The normalized spacial score (nSPS) is 15.7. The molecule has 0 aromatic carbocycles. The first-order valence-electron chi connectivity index (χ1n) is 4.17. The Morgan fingerprint density at radius 1 is 1.42 bits per heavy atom.